The molecule has 0 bridgehead atoms. The number of carbonyl (C=O) groups is 2. The van der Waals surface area contributed by atoms with E-state index < -0.39 is 6.10 Å². The van der Waals surface area contributed by atoms with Crippen molar-refractivity contribution in [2.75, 3.05) is 17.2 Å². The largest absolute Gasteiger partial charge is 0.493 e. The monoisotopic (exact) mass is 354 g/mol. The summed E-state index contributed by atoms with van der Waals surface area (Å²) >= 11 is 0. The molecule has 0 radical (unpaired) electrons. The zero-order valence-electron chi connectivity index (χ0n) is 15.1. The van der Waals surface area contributed by atoms with Crippen molar-refractivity contribution in [3.05, 3.63) is 47.5 Å². The number of fused-ring (bicyclic) bond motifs is 1. The molecule has 26 heavy (non-hydrogen) atoms. The quantitative estimate of drug-likeness (QED) is 0.862. The first-order valence-corrected chi connectivity index (χ1v) is 8.54. The van der Waals surface area contributed by atoms with Crippen molar-refractivity contribution in [3.8, 4) is 11.5 Å². The lowest BCUT2D eigenvalue weighted by atomic mass is 10.1. The van der Waals surface area contributed by atoms with Crippen LogP contribution >= 0.6 is 0 Å². The maximum atomic E-state index is 12.1. The van der Waals surface area contributed by atoms with Crippen molar-refractivity contribution >= 4 is 23.2 Å². The molecule has 1 unspecified atom stereocenters. The molecule has 0 saturated carbocycles. The normalized spacial score (nSPS) is 15.5. The molecule has 0 saturated heterocycles. The average Bonchev–Trinajstić information content (AvgIpc) is 2.60. The van der Waals surface area contributed by atoms with Crippen LogP contribution in [0, 0.1) is 13.8 Å². The minimum absolute atomic E-state index is 0.160. The molecule has 0 fully saturated rings. The van der Waals surface area contributed by atoms with Gasteiger partial charge in [0.2, 0.25) is 5.91 Å². The third-order valence-corrected chi connectivity index (χ3v) is 4.34. The number of rotatable bonds is 5. The molecule has 2 aromatic carbocycles. The van der Waals surface area contributed by atoms with Gasteiger partial charge in [0.1, 0.15) is 11.5 Å². The van der Waals surface area contributed by atoms with E-state index in [0.29, 0.717) is 23.7 Å². The highest BCUT2D eigenvalue weighted by molar-refractivity contribution is 5.99. The summed E-state index contributed by atoms with van der Waals surface area (Å²) in [4.78, 5) is 23.8. The topological polar surface area (TPSA) is 76.7 Å². The molecule has 1 heterocycles. The smallest absolute Gasteiger partial charge is 0.265 e. The lowest BCUT2D eigenvalue weighted by Gasteiger charge is -2.23. The Morgan fingerprint density at radius 3 is 2.88 bits per heavy atom. The van der Waals surface area contributed by atoms with Gasteiger partial charge in [-0.25, -0.2) is 0 Å². The highest BCUT2D eigenvalue weighted by Crippen LogP contribution is 2.32. The van der Waals surface area contributed by atoms with Gasteiger partial charge < -0.3 is 20.1 Å². The van der Waals surface area contributed by atoms with Crippen LogP contribution in [0.15, 0.2) is 36.4 Å². The molecular formula is C20H22N2O4. The van der Waals surface area contributed by atoms with Crippen molar-refractivity contribution < 1.29 is 19.1 Å². The zero-order chi connectivity index (χ0) is 18.7. The third kappa shape index (κ3) is 3.96. The number of ether oxygens (including phenoxy) is 2. The van der Waals surface area contributed by atoms with Gasteiger partial charge in [0.15, 0.2) is 6.10 Å². The Labute approximate surface area is 152 Å². The molecule has 1 aliphatic heterocycles. The van der Waals surface area contributed by atoms with E-state index in [4.69, 9.17) is 9.47 Å². The Bertz CT molecular complexity index is 848. The number of carbonyl (C=O) groups excluding carboxylic acids is 2. The van der Waals surface area contributed by atoms with Crippen LogP contribution in [0.3, 0.4) is 0 Å². The highest BCUT2D eigenvalue weighted by Gasteiger charge is 2.23. The number of hydrogen-bond donors (Lipinski definition) is 2. The van der Waals surface area contributed by atoms with Crippen LogP contribution in [0.1, 0.15) is 24.5 Å². The lowest BCUT2D eigenvalue weighted by Crippen LogP contribution is -2.34. The minimum atomic E-state index is -0.523. The van der Waals surface area contributed by atoms with Gasteiger partial charge in [-0.1, -0.05) is 12.1 Å². The third-order valence-electron chi connectivity index (χ3n) is 4.34. The maximum Gasteiger partial charge on any atom is 0.265 e. The first-order valence-electron chi connectivity index (χ1n) is 8.54. The van der Waals surface area contributed by atoms with Gasteiger partial charge in [0.05, 0.1) is 18.7 Å². The molecule has 1 aliphatic rings. The van der Waals surface area contributed by atoms with Crippen LogP contribution in [0.25, 0.3) is 0 Å². The second-order valence-corrected chi connectivity index (χ2v) is 6.30. The van der Waals surface area contributed by atoms with E-state index in [1.54, 1.807) is 25.1 Å². The van der Waals surface area contributed by atoms with Crippen molar-refractivity contribution in [1.29, 1.82) is 0 Å². The number of aryl methyl sites for hydroxylation is 1. The number of anilines is 2. The molecule has 1 atom stereocenters. The summed E-state index contributed by atoms with van der Waals surface area (Å²) in [7, 11) is 0. The van der Waals surface area contributed by atoms with E-state index in [9.17, 15) is 9.59 Å². The van der Waals surface area contributed by atoms with E-state index in [1.807, 2.05) is 32.0 Å². The van der Waals surface area contributed by atoms with E-state index in [2.05, 4.69) is 10.6 Å². The van der Waals surface area contributed by atoms with Gasteiger partial charge in [-0.05, 0) is 56.2 Å². The highest BCUT2D eigenvalue weighted by atomic mass is 16.5. The van der Waals surface area contributed by atoms with E-state index >= 15 is 0 Å². The van der Waals surface area contributed by atoms with Crippen LogP contribution in [-0.4, -0.2) is 24.5 Å². The fourth-order valence-corrected chi connectivity index (χ4v) is 2.64. The summed E-state index contributed by atoms with van der Waals surface area (Å²) < 4.78 is 11.2. The molecule has 0 aromatic heterocycles. The molecular weight excluding hydrogens is 332 g/mol. The first kappa shape index (κ1) is 17.8. The molecule has 2 aromatic rings. The molecule has 2 N–H and O–H groups in total. The Balaban J connectivity index is 1.55. The van der Waals surface area contributed by atoms with Gasteiger partial charge in [-0.3, -0.25) is 9.59 Å². The maximum absolute atomic E-state index is 12.1. The minimum Gasteiger partial charge on any atom is -0.493 e. The van der Waals surface area contributed by atoms with Gasteiger partial charge in [-0.15, -0.1) is 0 Å². The average molecular weight is 354 g/mol. The summed E-state index contributed by atoms with van der Waals surface area (Å²) in [5.74, 6) is 1.02. The van der Waals surface area contributed by atoms with Crippen LogP contribution in [-0.2, 0) is 9.59 Å². The van der Waals surface area contributed by atoms with Gasteiger partial charge in [0, 0.05) is 5.69 Å². The van der Waals surface area contributed by atoms with E-state index in [0.717, 1.165) is 16.9 Å². The summed E-state index contributed by atoms with van der Waals surface area (Å²) in [6, 6.07) is 11.0. The molecule has 0 spiro atoms. The molecule has 6 nitrogen and oxygen atoms in total. The summed E-state index contributed by atoms with van der Waals surface area (Å²) in [5.41, 5.74) is 3.38. The predicted octanol–water partition coefficient (Wildman–Crippen LogP) is 3.43. The molecule has 3 rings (SSSR count). The lowest BCUT2D eigenvalue weighted by molar-refractivity contribution is -0.122. The van der Waals surface area contributed by atoms with Crippen LogP contribution in [0.2, 0.25) is 0 Å². The van der Waals surface area contributed by atoms with Crippen molar-refractivity contribution in [2.24, 2.45) is 0 Å². The fourth-order valence-electron chi connectivity index (χ4n) is 2.64. The van der Waals surface area contributed by atoms with Gasteiger partial charge >= 0.3 is 0 Å². The number of benzene rings is 2. The van der Waals surface area contributed by atoms with E-state index in [1.165, 1.54) is 0 Å². The van der Waals surface area contributed by atoms with Gasteiger partial charge in [0.25, 0.3) is 5.91 Å². The summed E-state index contributed by atoms with van der Waals surface area (Å²) in [5, 5.41) is 5.56. The van der Waals surface area contributed by atoms with Crippen molar-refractivity contribution in [1.82, 2.24) is 0 Å². The van der Waals surface area contributed by atoms with Gasteiger partial charge in [-0.2, -0.15) is 0 Å². The SMILES string of the molecule is Cc1cccc(OCCC(=O)Nc2ccc3c(c2)NC(=O)C(C)O3)c1C. The van der Waals surface area contributed by atoms with Crippen molar-refractivity contribution in [2.45, 2.75) is 33.3 Å². The number of amides is 2. The Hall–Kier alpha value is -3.02. The fraction of sp³-hybridized carbons (Fsp3) is 0.300. The molecule has 136 valence electrons. The number of nitrogens with one attached hydrogen (secondary N) is 2. The summed E-state index contributed by atoms with van der Waals surface area (Å²) in [6.07, 6.45) is -0.296. The first-order chi connectivity index (χ1) is 12.4. The molecule has 2 amide bonds. The Morgan fingerprint density at radius 2 is 2.08 bits per heavy atom. The van der Waals surface area contributed by atoms with Crippen molar-refractivity contribution in [3.63, 3.8) is 0 Å². The second-order valence-electron chi connectivity index (χ2n) is 6.30. The van der Waals surface area contributed by atoms with Crippen LogP contribution in [0.4, 0.5) is 11.4 Å². The van der Waals surface area contributed by atoms with E-state index in [-0.39, 0.29) is 18.2 Å². The number of hydrogen-bond acceptors (Lipinski definition) is 4. The zero-order valence-corrected chi connectivity index (χ0v) is 15.1. The van der Waals surface area contributed by atoms with Crippen LogP contribution < -0.4 is 20.1 Å². The van der Waals surface area contributed by atoms with Crippen LogP contribution in [0.5, 0.6) is 11.5 Å². The Morgan fingerprint density at radius 1 is 1.27 bits per heavy atom. The standard InChI is InChI=1S/C20H22N2O4/c1-12-5-4-6-17(13(12)2)25-10-9-19(23)21-15-7-8-18-16(11-15)22-20(24)14(3)26-18/h4-8,11,14H,9-10H2,1-3H3,(H,21,23)(H,22,24). The molecule has 0 aliphatic carbocycles. The summed E-state index contributed by atoms with van der Waals surface area (Å²) in [6.45, 7) is 5.99. The predicted molar refractivity (Wildman–Crippen MR) is 99.8 cm³/mol. The Kier molecular flexibility index (Phi) is 5.11. The molecule has 6 heteroatoms. The second kappa shape index (κ2) is 7.47.